The van der Waals surface area contributed by atoms with E-state index < -0.39 is 0 Å². The van der Waals surface area contributed by atoms with Crippen LogP contribution < -0.4 is 0 Å². The van der Waals surface area contributed by atoms with Crippen LogP contribution >= 0.6 is 0 Å². The van der Waals surface area contributed by atoms with Crippen molar-refractivity contribution in [2.45, 2.75) is 0 Å². The molecule has 3 rings (SSSR count). The summed E-state index contributed by atoms with van der Waals surface area (Å²) in [5.41, 5.74) is 2.96. The average molecular weight is 377 g/mol. The van der Waals surface area contributed by atoms with Gasteiger partial charge in [0.15, 0.2) is 0 Å². The summed E-state index contributed by atoms with van der Waals surface area (Å²) >= 11 is 0. The van der Waals surface area contributed by atoms with Crippen molar-refractivity contribution < 1.29 is 26.7 Å². The largest absolute Gasteiger partial charge is 2.00 e. The summed E-state index contributed by atoms with van der Waals surface area (Å²) < 4.78 is 0. The Balaban J connectivity index is 0.00000225. The van der Waals surface area contributed by atoms with Gasteiger partial charge in [-0.1, -0.05) is 36.4 Å². The van der Waals surface area contributed by atoms with E-state index in [0.29, 0.717) is 11.5 Å². The molecule has 0 bridgehead atoms. The minimum absolute atomic E-state index is 0. The molecule has 0 amide bonds. The second kappa shape index (κ2) is 8.81. The van der Waals surface area contributed by atoms with Crippen molar-refractivity contribution in [3.63, 3.8) is 0 Å². The molecule has 126 valence electrons. The van der Waals surface area contributed by atoms with E-state index in [9.17, 15) is 0 Å². The summed E-state index contributed by atoms with van der Waals surface area (Å²) in [6.07, 6.45) is 3.35. The van der Waals surface area contributed by atoms with Gasteiger partial charge in [-0.25, -0.2) is 0 Å². The molecule has 0 aliphatic carbocycles. The molecule has 0 heterocycles. The molecule has 0 aliphatic heterocycles. The number of para-hydroxylation sites is 4. The molecule has 0 atom stereocenters. The Morgan fingerprint density at radius 3 is 1.32 bits per heavy atom. The second-order valence-corrected chi connectivity index (χ2v) is 5.18. The number of benzene rings is 3. The van der Waals surface area contributed by atoms with E-state index in [1.54, 1.807) is 24.6 Å². The van der Waals surface area contributed by atoms with Gasteiger partial charge < -0.3 is 10.2 Å². The van der Waals surface area contributed by atoms with Crippen molar-refractivity contribution in [1.82, 2.24) is 0 Å². The van der Waals surface area contributed by atoms with Crippen LogP contribution in [-0.2, 0) is 16.5 Å². The molecule has 0 spiro atoms. The molecular weight excluding hydrogens is 359 g/mol. The fourth-order valence-electron chi connectivity index (χ4n) is 2.18. The molecule has 0 aliphatic rings. The molecule has 0 aromatic heterocycles. The first kappa shape index (κ1) is 18.4. The number of rotatable bonds is 4. The third-order valence-electron chi connectivity index (χ3n) is 3.49. The van der Waals surface area contributed by atoms with Crippen LogP contribution in [0.4, 0.5) is 11.4 Å². The normalized spacial score (nSPS) is 10.9. The van der Waals surface area contributed by atoms with Gasteiger partial charge in [0.05, 0.1) is 22.5 Å². The fraction of sp³-hybridized carbons (Fsp3) is 0. The van der Waals surface area contributed by atoms with Gasteiger partial charge in [0.1, 0.15) is 0 Å². The van der Waals surface area contributed by atoms with E-state index in [1.165, 1.54) is 0 Å². The van der Waals surface area contributed by atoms with Crippen molar-refractivity contribution in [3.05, 3.63) is 83.9 Å². The van der Waals surface area contributed by atoms with Gasteiger partial charge in [-0.05, 0) is 24.3 Å². The maximum atomic E-state index is 7.87. The Hall–Kier alpha value is -2.91. The summed E-state index contributed by atoms with van der Waals surface area (Å²) in [6, 6.07) is 22.2. The minimum atomic E-state index is 0. The summed E-state index contributed by atoms with van der Waals surface area (Å²) in [6.45, 7) is 0. The molecule has 0 fully saturated rings. The van der Waals surface area contributed by atoms with Crippen LogP contribution in [0.3, 0.4) is 0 Å². The predicted molar refractivity (Wildman–Crippen MR) is 100.0 cm³/mol. The van der Waals surface area contributed by atoms with Gasteiger partial charge in [-0.2, -0.15) is 0 Å². The van der Waals surface area contributed by atoms with Gasteiger partial charge in [0.25, 0.3) is 11.5 Å². The van der Waals surface area contributed by atoms with Crippen LogP contribution in [0.5, 0.6) is 11.5 Å². The van der Waals surface area contributed by atoms with Crippen molar-refractivity contribution in [2.75, 3.05) is 0 Å². The summed E-state index contributed by atoms with van der Waals surface area (Å²) in [7, 11) is 0. The molecular formula is C20H18N2NiO2+4. The number of aliphatic imine (C=N–C) groups is 2. The van der Waals surface area contributed by atoms with Crippen LogP contribution in [0.15, 0.2) is 82.8 Å². The maximum absolute atomic E-state index is 7.87. The first-order valence-electron chi connectivity index (χ1n) is 7.52. The van der Waals surface area contributed by atoms with Gasteiger partial charge in [0, 0.05) is 24.6 Å². The Bertz CT molecular complexity index is 833. The number of hydrogen-bond acceptors (Lipinski definition) is 2. The van der Waals surface area contributed by atoms with E-state index in [4.69, 9.17) is 10.2 Å². The first-order chi connectivity index (χ1) is 11.7. The SMILES string of the molecule is [Ni+2].[OH2+]c1ccccc1C=Nc1ccccc1N=Cc1ccccc1[OH2+]. The smallest absolute Gasteiger partial charge is 0.593 e. The molecule has 3 aromatic carbocycles. The molecule has 4 nitrogen and oxygen atoms in total. The molecule has 5 heteroatoms. The Morgan fingerprint density at radius 2 is 0.920 bits per heavy atom. The molecule has 0 saturated heterocycles. The Morgan fingerprint density at radius 1 is 0.560 bits per heavy atom. The van der Waals surface area contributed by atoms with Crippen molar-refractivity contribution in [1.29, 1.82) is 0 Å². The monoisotopic (exact) mass is 376 g/mol. The van der Waals surface area contributed by atoms with Crippen molar-refractivity contribution >= 4 is 23.8 Å². The number of nitrogens with zero attached hydrogens (tertiary/aromatic N) is 2. The van der Waals surface area contributed by atoms with E-state index in [1.807, 2.05) is 60.7 Å². The zero-order valence-corrected chi connectivity index (χ0v) is 14.3. The minimum Gasteiger partial charge on any atom is -0.593 e. The zero-order valence-electron chi connectivity index (χ0n) is 13.3. The maximum Gasteiger partial charge on any atom is 2.00 e. The van der Waals surface area contributed by atoms with Crippen LogP contribution in [0, 0.1) is 0 Å². The topological polar surface area (TPSA) is 70.5 Å². The average Bonchev–Trinajstić information content (AvgIpc) is 2.61. The number of hydrogen-bond donors (Lipinski definition) is 0. The van der Waals surface area contributed by atoms with E-state index in [-0.39, 0.29) is 16.5 Å². The Kier molecular flexibility index (Phi) is 6.49. The van der Waals surface area contributed by atoms with E-state index >= 15 is 0 Å². The summed E-state index contributed by atoms with van der Waals surface area (Å²) in [4.78, 5) is 8.93. The quantitative estimate of drug-likeness (QED) is 0.374. The second-order valence-electron chi connectivity index (χ2n) is 5.18. The molecule has 25 heavy (non-hydrogen) atoms. The van der Waals surface area contributed by atoms with Crippen LogP contribution in [0.25, 0.3) is 0 Å². The first-order valence-corrected chi connectivity index (χ1v) is 7.52. The third kappa shape index (κ3) is 4.78. The van der Waals surface area contributed by atoms with E-state index in [0.717, 1.165) is 22.5 Å². The fourth-order valence-corrected chi connectivity index (χ4v) is 2.18. The third-order valence-corrected chi connectivity index (χ3v) is 3.49. The Labute approximate surface area is 156 Å². The van der Waals surface area contributed by atoms with Gasteiger partial charge in [-0.15, -0.1) is 0 Å². The van der Waals surface area contributed by atoms with Gasteiger partial charge in [-0.3, -0.25) is 9.98 Å². The van der Waals surface area contributed by atoms with Crippen LogP contribution in [-0.4, -0.2) is 22.6 Å². The standard InChI is InChI=1S/C20H16N2O2.Ni/c23-19-11-5-1-7-15(19)13-21-17-9-3-4-10-18(17)22-14-16-8-2-6-12-20(16)24;/h1-14,23-24H;/q;+2/p+2. The zero-order chi connectivity index (χ0) is 16.8. The van der Waals surface area contributed by atoms with E-state index in [2.05, 4.69) is 9.98 Å². The predicted octanol–water partition coefficient (Wildman–Crippen LogP) is 4.06. The molecule has 0 radical (unpaired) electrons. The molecule has 4 N–H and O–H groups in total. The van der Waals surface area contributed by atoms with Gasteiger partial charge >= 0.3 is 16.5 Å². The van der Waals surface area contributed by atoms with Crippen LogP contribution in [0.2, 0.25) is 0 Å². The summed E-state index contributed by atoms with van der Waals surface area (Å²) in [5, 5.41) is 15.7. The van der Waals surface area contributed by atoms with Gasteiger partial charge in [0.2, 0.25) is 0 Å². The molecule has 0 unspecified atom stereocenters. The van der Waals surface area contributed by atoms with Crippen LogP contribution in [0.1, 0.15) is 11.1 Å². The molecule has 3 aromatic rings. The van der Waals surface area contributed by atoms with Crippen molar-refractivity contribution in [2.24, 2.45) is 9.98 Å². The summed E-state index contributed by atoms with van der Waals surface area (Å²) in [5.74, 6) is 0.871. The molecule has 0 saturated carbocycles. The van der Waals surface area contributed by atoms with Crippen molar-refractivity contribution in [3.8, 4) is 11.5 Å².